The number of thioether (sulfide) groups is 1. The van der Waals surface area contributed by atoms with Crippen LogP contribution in [0.15, 0.2) is 5.16 Å². The smallest absolute Gasteiger partial charge is 0.236 e. The summed E-state index contributed by atoms with van der Waals surface area (Å²) in [6, 6.07) is 0.829. The topological polar surface area (TPSA) is 63.9 Å². The molecule has 1 atom stereocenters. The maximum Gasteiger partial charge on any atom is 0.236 e. The predicted molar refractivity (Wildman–Crippen MR) is 94.9 cm³/mol. The van der Waals surface area contributed by atoms with Crippen molar-refractivity contribution in [2.75, 3.05) is 6.54 Å². The first-order valence-corrected chi connectivity index (χ1v) is 10.3. The van der Waals surface area contributed by atoms with Crippen molar-refractivity contribution in [3.63, 3.8) is 0 Å². The zero-order valence-corrected chi connectivity index (χ0v) is 15.7. The van der Waals surface area contributed by atoms with Crippen LogP contribution in [0.25, 0.3) is 0 Å². The second-order valence-corrected chi connectivity index (χ2v) is 8.33. The van der Waals surface area contributed by atoms with Crippen LogP contribution in [0.1, 0.15) is 77.7 Å². The molecular formula is C17H29N5OS. The second kappa shape index (κ2) is 8.32. The van der Waals surface area contributed by atoms with Gasteiger partial charge < -0.3 is 4.90 Å². The number of carbonyl (C=O) groups is 1. The lowest BCUT2D eigenvalue weighted by Gasteiger charge is -2.35. The summed E-state index contributed by atoms with van der Waals surface area (Å²) in [5.74, 6) is 0.232. The molecule has 1 aromatic rings. The number of hydrogen-bond acceptors (Lipinski definition) is 5. The van der Waals surface area contributed by atoms with Crippen molar-refractivity contribution in [2.45, 2.75) is 94.1 Å². The summed E-state index contributed by atoms with van der Waals surface area (Å²) in [7, 11) is 0. The van der Waals surface area contributed by atoms with Gasteiger partial charge in [0.25, 0.3) is 0 Å². The van der Waals surface area contributed by atoms with Gasteiger partial charge in [0.2, 0.25) is 11.1 Å². The third kappa shape index (κ3) is 3.92. The number of carbonyl (C=O) groups excluding carboxylic acids is 1. The van der Waals surface area contributed by atoms with Crippen LogP contribution in [0.2, 0.25) is 0 Å². The summed E-state index contributed by atoms with van der Waals surface area (Å²) in [6.07, 6.45) is 10.9. The van der Waals surface area contributed by atoms with E-state index >= 15 is 0 Å². The van der Waals surface area contributed by atoms with Crippen LogP contribution < -0.4 is 0 Å². The van der Waals surface area contributed by atoms with Gasteiger partial charge in [0.15, 0.2) is 0 Å². The van der Waals surface area contributed by atoms with Gasteiger partial charge in [-0.05, 0) is 50.0 Å². The fourth-order valence-electron chi connectivity index (χ4n) is 4.07. The molecule has 6 nitrogen and oxygen atoms in total. The van der Waals surface area contributed by atoms with E-state index in [1.807, 2.05) is 11.6 Å². The fourth-order valence-corrected chi connectivity index (χ4v) is 5.00. The first kappa shape index (κ1) is 17.7. The zero-order chi connectivity index (χ0) is 16.9. The Kier molecular flexibility index (Phi) is 6.14. The van der Waals surface area contributed by atoms with Gasteiger partial charge in [-0.2, -0.15) is 0 Å². The normalized spacial score (nSPS) is 21.1. The first-order chi connectivity index (χ1) is 11.7. The molecule has 0 saturated heterocycles. The summed E-state index contributed by atoms with van der Waals surface area (Å²) in [5.41, 5.74) is 0. The average molecular weight is 352 g/mol. The molecule has 134 valence electrons. The van der Waals surface area contributed by atoms with E-state index in [0.29, 0.717) is 12.1 Å². The van der Waals surface area contributed by atoms with Crippen molar-refractivity contribution < 1.29 is 4.79 Å². The molecule has 1 amide bonds. The minimum atomic E-state index is -0.141. The van der Waals surface area contributed by atoms with Crippen LogP contribution in [0, 0.1) is 0 Å². The molecule has 0 aromatic carbocycles. The van der Waals surface area contributed by atoms with Gasteiger partial charge >= 0.3 is 0 Å². The summed E-state index contributed by atoms with van der Waals surface area (Å²) in [4.78, 5) is 15.0. The van der Waals surface area contributed by atoms with E-state index in [4.69, 9.17) is 0 Å². The molecule has 0 bridgehead atoms. The van der Waals surface area contributed by atoms with Crippen molar-refractivity contribution in [1.29, 1.82) is 0 Å². The molecule has 1 heterocycles. The standard InChI is InChI=1S/C17H29N5OS/c1-3-21(14-9-5-4-6-10-14)16(23)13(2)24-17-18-19-20-22(17)15-11-7-8-12-15/h13-15H,3-12H2,1-2H3. The number of amides is 1. The highest BCUT2D eigenvalue weighted by molar-refractivity contribution is 8.00. The quantitative estimate of drug-likeness (QED) is 0.735. The molecule has 3 rings (SSSR count). The third-order valence-corrected chi connectivity index (χ3v) is 6.44. The van der Waals surface area contributed by atoms with E-state index in [1.165, 1.54) is 43.9 Å². The van der Waals surface area contributed by atoms with Crippen LogP contribution in [0.3, 0.4) is 0 Å². The monoisotopic (exact) mass is 351 g/mol. The number of tetrazole rings is 1. The van der Waals surface area contributed by atoms with Crippen molar-refractivity contribution in [3.8, 4) is 0 Å². The Bertz CT molecular complexity index is 537. The highest BCUT2D eigenvalue weighted by atomic mass is 32.2. The SMILES string of the molecule is CCN(C(=O)C(C)Sc1nnnn1C1CCCC1)C1CCCCC1. The molecule has 2 aliphatic carbocycles. The molecule has 0 N–H and O–H groups in total. The Morgan fingerprint density at radius 2 is 1.88 bits per heavy atom. The van der Waals surface area contributed by atoms with E-state index in [1.54, 1.807) is 0 Å². The largest absolute Gasteiger partial charge is 0.339 e. The van der Waals surface area contributed by atoms with Gasteiger partial charge in [-0.25, -0.2) is 4.68 Å². The lowest BCUT2D eigenvalue weighted by molar-refractivity contribution is -0.133. The van der Waals surface area contributed by atoms with Crippen LogP contribution in [0.5, 0.6) is 0 Å². The second-order valence-electron chi connectivity index (χ2n) is 7.02. The minimum absolute atomic E-state index is 0.141. The lowest BCUT2D eigenvalue weighted by Crippen LogP contribution is -2.44. The average Bonchev–Trinajstić information content (AvgIpc) is 3.27. The Hall–Kier alpha value is -1.11. The highest BCUT2D eigenvalue weighted by Crippen LogP contribution is 2.33. The summed E-state index contributed by atoms with van der Waals surface area (Å²) in [6.45, 7) is 4.88. The zero-order valence-electron chi connectivity index (χ0n) is 14.9. The fraction of sp³-hybridized carbons (Fsp3) is 0.882. The Labute approximate surface area is 148 Å². The van der Waals surface area contributed by atoms with Gasteiger partial charge in [0.1, 0.15) is 0 Å². The molecule has 0 spiro atoms. The Morgan fingerprint density at radius 1 is 1.21 bits per heavy atom. The van der Waals surface area contributed by atoms with Crippen LogP contribution in [0.4, 0.5) is 0 Å². The molecule has 24 heavy (non-hydrogen) atoms. The Morgan fingerprint density at radius 3 is 2.54 bits per heavy atom. The molecule has 1 unspecified atom stereocenters. The summed E-state index contributed by atoms with van der Waals surface area (Å²) < 4.78 is 1.94. The van der Waals surface area contributed by atoms with Crippen molar-refractivity contribution in [2.24, 2.45) is 0 Å². The number of hydrogen-bond donors (Lipinski definition) is 0. The van der Waals surface area contributed by atoms with Gasteiger partial charge in [0, 0.05) is 12.6 Å². The molecular weight excluding hydrogens is 322 g/mol. The molecule has 0 radical (unpaired) electrons. The maximum absolute atomic E-state index is 13.0. The van der Waals surface area contributed by atoms with E-state index in [2.05, 4.69) is 27.3 Å². The molecule has 0 aliphatic heterocycles. The Balaban J connectivity index is 1.64. The highest BCUT2D eigenvalue weighted by Gasteiger charge is 2.30. The van der Waals surface area contributed by atoms with E-state index in [0.717, 1.165) is 37.4 Å². The third-order valence-electron chi connectivity index (χ3n) is 5.40. The van der Waals surface area contributed by atoms with Crippen molar-refractivity contribution in [3.05, 3.63) is 0 Å². The lowest BCUT2D eigenvalue weighted by atomic mass is 9.94. The van der Waals surface area contributed by atoms with E-state index in [-0.39, 0.29) is 11.2 Å². The molecule has 7 heteroatoms. The van der Waals surface area contributed by atoms with E-state index in [9.17, 15) is 4.79 Å². The van der Waals surface area contributed by atoms with E-state index < -0.39 is 0 Å². The molecule has 2 fully saturated rings. The predicted octanol–water partition coefficient (Wildman–Crippen LogP) is 3.45. The number of rotatable bonds is 6. The van der Waals surface area contributed by atoms with Crippen LogP contribution in [-0.2, 0) is 4.79 Å². The minimum Gasteiger partial charge on any atom is -0.339 e. The van der Waals surface area contributed by atoms with Gasteiger partial charge in [-0.1, -0.05) is 43.9 Å². The van der Waals surface area contributed by atoms with Gasteiger partial charge in [0.05, 0.1) is 11.3 Å². The van der Waals surface area contributed by atoms with Crippen LogP contribution >= 0.6 is 11.8 Å². The van der Waals surface area contributed by atoms with Crippen molar-refractivity contribution in [1.82, 2.24) is 25.1 Å². The first-order valence-electron chi connectivity index (χ1n) is 9.45. The van der Waals surface area contributed by atoms with Crippen molar-refractivity contribution >= 4 is 17.7 Å². The van der Waals surface area contributed by atoms with Gasteiger partial charge in [-0.3, -0.25) is 4.79 Å². The summed E-state index contributed by atoms with van der Waals surface area (Å²) >= 11 is 1.52. The number of aromatic nitrogens is 4. The molecule has 1 aromatic heterocycles. The molecule has 2 saturated carbocycles. The maximum atomic E-state index is 13.0. The van der Waals surface area contributed by atoms with Gasteiger partial charge in [-0.15, -0.1) is 5.10 Å². The van der Waals surface area contributed by atoms with Crippen LogP contribution in [-0.4, -0.2) is 48.9 Å². The molecule has 2 aliphatic rings. The number of nitrogens with zero attached hydrogens (tertiary/aromatic N) is 5. The summed E-state index contributed by atoms with van der Waals surface area (Å²) in [5, 5.41) is 12.9.